The van der Waals surface area contributed by atoms with Crippen LogP contribution in [0.2, 0.25) is 0 Å². The third-order valence-electron chi connectivity index (χ3n) is 5.40. The third-order valence-corrected chi connectivity index (χ3v) is 5.40. The van der Waals surface area contributed by atoms with Crippen molar-refractivity contribution in [2.24, 2.45) is 0 Å². The summed E-state index contributed by atoms with van der Waals surface area (Å²) in [5.74, 6) is -1.50. The van der Waals surface area contributed by atoms with E-state index in [1.165, 1.54) is 13.8 Å². The molecule has 5 nitrogen and oxygen atoms in total. The number of benzene rings is 1. The van der Waals surface area contributed by atoms with E-state index in [0.29, 0.717) is 18.5 Å². The van der Waals surface area contributed by atoms with Crippen LogP contribution >= 0.6 is 0 Å². The molecule has 0 fully saturated rings. The number of β-amino-alcohol motifs (C(OH)–C–C–N with tert-alkyl or cyclic N) is 1. The summed E-state index contributed by atoms with van der Waals surface area (Å²) in [6, 6.07) is 3.01. The Morgan fingerprint density at radius 3 is 2.60 bits per heavy atom. The zero-order valence-electron chi connectivity index (χ0n) is 16.6. The van der Waals surface area contributed by atoms with Gasteiger partial charge in [0.05, 0.1) is 12.2 Å². The van der Waals surface area contributed by atoms with Crippen molar-refractivity contribution in [2.75, 3.05) is 13.1 Å². The molecule has 0 saturated carbocycles. The van der Waals surface area contributed by atoms with E-state index in [-0.39, 0.29) is 17.1 Å². The molecule has 1 aliphatic heterocycles. The molecule has 9 heteroatoms. The molecule has 0 aromatic heterocycles. The van der Waals surface area contributed by atoms with E-state index < -0.39 is 48.5 Å². The van der Waals surface area contributed by atoms with Gasteiger partial charge in [0.15, 0.2) is 5.60 Å². The van der Waals surface area contributed by atoms with Gasteiger partial charge in [-0.15, -0.1) is 0 Å². The number of nitrogens with zero attached hydrogens (tertiary/aromatic N) is 1. The van der Waals surface area contributed by atoms with Gasteiger partial charge in [-0.2, -0.15) is 13.2 Å². The Morgan fingerprint density at radius 2 is 1.93 bits per heavy atom. The summed E-state index contributed by atoms with van der Waals surface area (Å²) in [4.78, 5) is 13.1. The fraction of sp³-hybridized carbons (Fsp3) is 0.476. The number of hydrogen-bond acceptors (Lipinski definition) is 5. The highest BCUT2D eigenvalue weighted by molar-refractivity contribution is 5.75. The number of carbonyl (C=O) groups is 1. The third kappa shape index (κ3) is 4.30. The van der Waals surface area contributed by atoms with Gasteiger partial charge in [0.25, 0.3) is 0 Å². The van der Waals surface area contributed by atoms with Gasteiger partial charge in [0.1, 0.15) is 23.9 Å². The molecule has 2 N–H and O–H groups in total. The van der Waals surface area contributed by atoms with Crippen LogP contribution in [0.15, 0.2) is 41.8 Å². The maximum Gasteiger partial charge on any atom is 0.418 e. The van der Waals surface area contributed by atoms with Crippen molar-refractivity contribution in [3.8, 4) is 5.75 Å². The Morgan fingerprint density at radius 1 is 1.23 bits per heavy atom. The van der Waals surface area contributed by atoms with Crippen molar-refractivity contribution in [3.05, 3.63) is 53.2 Å². The molecule has 0 amide bonds. The summed E-state index contributed by atoms with van der Waals surface area (Å²) in [7, 11) is 0. The minimum Gasteiger partial charge on any atom is -0.508 e. The highest BCUT2D eigenvalue weighted by atomic mass is 19.4. The number of alkyl halides is 3. The van der Waals surface area contributed by atoms with Crippen LogP contribution in [0.5, 0.6) is 5.75 Å². The lowest BCUT2D eigenvalue weighted by molar-refractivity contribution is -0.270. The highest BCUT2D eigenvalue weighted by Crippen LogP contribution is 2.44. The molecule has 3 rings (SSSR count). The summed E-state index contributed by atoms with van der Waals surface area (Å²) < 4.78 is 60.9. The van der Waals surface area contributed by atoms with Crippen molar-refractivity contribution in [2.45, 2.75) is 50.3 Å². The van der Waals surface area contributed by atoms with Crippen molar-refractivity contribution in [1.29, 1.82) is 0 Å². The standard InChI is InChI=1S/C21H23F4NO4/c1-19(2,14-9-13(22)7-8-16(14)27)11-20(29,21(23,24)25)12-26-10-18(28)30-17-6-4-3-5-15(17)26/h3,5,7-9,27,29H,4,6,10-12H2,1-2H3. The van der Waals surface area contributed by atoms with E-state index in [1.807, 2.05) is 0 Å². The van der Waals surface area contributed by atoms with Crippen LogP contribution in [0.3, 0.4) is 0 Å². The molecule has 30 heavy (non-hydrogen) atoms. The van der Waals surface area contributed by atoms with E-state index in [9.17, 15) is 32.6 Å². The average molecular weight is 429 g/mol. The summed E-state index contributed by atoms with van der Waals surface area (Å²) in [5.41, 5.74) is -4.40. The van der Waals surface area contributed by atoms with Gasteiger partial charge in [0, 0.05) is 12.0 Å². The Labute approximate surface area is 171 Å². The number of phenols is 1. The first-order chi connectivity index (χ1) is 13.8. The van der Waals surface area contributed by atoms with Gasteiger partial charge >= 0.3 is 12.1 Å². The van der Waals surface area contributed by atoms with Crippen LogP contribution in [0.1, 0.15) is 38.7 Å². The monoisotopic (exact) mass is 429 g/mol. The quantitative estimate of drug-likeness (QED) is 0.549. The fourth-order valence-electron chi connectivity index (χ4n) is 4.01. The lowest BCUT2D eigenvalue weighted by Crippen LogP contribution is -2.57. The smallest absolute Gasteiger partial charge is 0.418 e. The Bertz CT molecular complexity index is 907. The summed E-state index contributed by atoms with van der Waals surface area (Å²) in [6.07, 6.45) is -1.61. The summed E-state index contributed by atoms with van der Waals surface area (Å²) in [6.45, 7) is 1.42. The van der Waals surface area contributed by atoms with Crippen LogP contribution < -0.4 is 0 Å². The Kier molecular flexibility index (Phi) is 5.62. The van der Waals surface area contributed by atoms with Gasteiger partial charge in [-0.25, -0.2) is 9.18 Å². The summed E-state index contributed by atoms with van der Waals surface area (Å²) >= 11 is 0. The zero-order chi connectivity index (χ0) is 22.3. The van der Waals surface area contributed by atoms with Crippen LogP contribution in [-0.4, -0.2) is 45.9 Å². The molecule has 1 aromatic rings. The number of phenolic OH excluding ortho intramolecular Hbond substituents is 1. The lowest BCUT2D eigenvalue weighted by Gasteiger charge is -2.42. The molecule has 164 valence electrons. The normalized spacial score (nSPS) is 19.4. The number of esters is 1. The van der Waals surface area contributed by atoms with Crippen LogP contribution in [0.4, 0.5) is 17.6 Å². The van der Waals surface area contributed by atoms with E-state index >= 15 is 0 Å². The molecule has 1 heterocycles. The van der Waals surface area contributed by atoms with E-state index in [1.54, 1.807) is 12.2 Å². The number of allylic oxidation sites excluding steroid dienone is 3. The summed E-state index contributed by atoms with van der Waals surface area (Å²) in [5, 5.41) is 20.9. The first-order valence-electron chi connectivity index (χ1n) is 9.46. The maximum atomic E-state index is 14.0. The van der Waals surface area contributed by atoms with Gasteiger partial charge in [-0.1, -0.05) is 19.9 Å². The molecular weight excluding hydrogens is 406 g/mol. The average Bonchev–Trinajstić information content (AvgIpc) is 2.62. The number of hydrogen-bond donors (Lipinski definition) is 2. The van der Waals surface area contributed by atoms with E-state index in [4.69, 9.17) is 4.74 Å². The predicted octanol–water partition coefficient (Wildman–Crippen LogP) is 3.91. The number of ether oxygens (including phenoxy) is 1. The number of aromatic hydroxyl groups is 1. The lowest BCUT2D eigenvalue weighted by atomic mass is 9.74. The number of carbonyl (C=O) groups excluding carboxylic acids is 1. The molecule has 1 unspecified atom stereocenters. The minimum atomic E-state index is -5.05. The molecule has 0 spiro atoms. The number of rotatable bonds is 5. The molecular formula is C21H23F4NO4. The largest absolute Gasteiger partial charge is 0.508 e. The van der Waals surface area contributed by atoms with Crippen molar-refractivity contribution >= 4 is 5.97 Å². The van der Waals surface area contributed by atoms with E-state index in [0.717, 1.165) is 23.1 Å². The van der Waals surface area contributed by atoms with Crippen LogP contribution in [-0.2, 0) is 14.9 Å². The highest BCUT2D eigenvalue weighted by Gasteiger charge is 2.57. The second kappa shape index (κ2) is 7.61. The fourth-order valence-corrected chi connectivity index (χ4v) is 4.01. The zero-order valence-corrected chi connectivity index (χ0v) is 16.6. The van der Waals surface area contributed by atoms with Crippen molar-refractivity contribution in [3.63, 3.8) is 0 Å². The molecule has 0 saturated heterocycles. The molecule has 1 atom stereocenters. The molecule has 1 aromatic carbocycles. The topological polar surface area (TPSA) is 70.0 Å². The minimum absolute atomic E-state index is 0.0549. The van der Waals surface area contributed by atoms with Crippen molar-refractivity contribution in [1.82, 2.24) is 4.90 Å². The number of aliphatic hydroxyl groups is 1. The maximum absolute atomic E-state index is 14.0. The SMILES string of the molecule is CC(C)(CC(O)(CN1CC(=O)OC2=C1C=CCC2)C(F)(F)F)c1cc(F)ccc1O. The first kappa shape index (κ1) is 22.1. The number of halogens is 4. The van der Waals surface area contributed by atoms with E-state index in [2.05, 4.69) is 0 Å². The second-order valence-electron chi connectivity index (χ2n) is 8.33. The second-order valence-corrected chi connectivity index (χ2v) is 8.33. The molecule has 1 aliphatic carbocycles. The van der Waals surface area contributed by atoms with Crippen molar-refractivity contribution < 1.29 is 37.3 Å². The van der Waals surface area contributed by atoms with Gasteiger partial charge < -0.3 is 19.8 Å². The van der Waals surface area contributed by atoms with Gasteiger partial charge in [-0.3, -0.25) is 0 Å². The Balaban J connectivity index is 1.96. The molecule has 2 aliphatic rings. The molecule has 0 bridgehead atoms. The van der Waals surface area contributed by atoms with Crippen LogP contribution in [0.25, 0.3) is 0 Å². The first-order valence-corrected chi connectivity index (χ1v) is 9.46. The van der Waals surface area contributed by atoms with Crippen LogP contribution in [0, 0.1) is 5.82 Å². The van der Waals surface area contributed by atoms with Gasteiger partial charge in [-0.05, 0) is 42.5 Å². The Hall–Kier alpha value is -2.55. The van der Waals surface area contributed by atoms with Gasteiger partial charge in [0.2, 0.25) is 0 Å². The molecule has 0 radical (unpaired) electrons. The predicted molar refractivity (Wildman–Crippen MR) is 99.8 cm³/mol.